The van der Waals surface area contributed by atoms with Crippen molar-refractivity contribution < 1.29 is 14.7 Å². The summed E-state index contributed by atoms with van der Waals surface area (Å²) in [5.41, 5.74) is 0.989. The third kappa shape index (κ3) is 2.20. The zero-order valence-electron chi connectivity index (χ0n) is 11.4. The van der Waals surface area contributed by atoms with Crippen molar-refractivity contribution in [2.24, 2.45) is 0 Å². The Morgan fingerprint density at radius 3 is 2.75 bits per heavy atom. The van der Waals surface area contributed by atoms with Crippen LogP contribution in [0.1, 0.15) is 29.9 Å². The second kappa shape index (κ2) is 5.24. The number of fused-ring (bicyclic) bond motifs is 1. The lowest BCUT2D eigenvalue weighted by Gasteiger charge is -2.22. The molecule has 20 heavy (non-hydrogen) atoms. The summed E-state index contributed by atoms with van der Waals surface area (Å²) >= 11 is 0. The number of likely N-dealkylation sites (N-methyl/N-ethyl adjacent to an activating group) is 1. The van der Waals surface area contributed by atoms with Crippen molar-refractivity contribution in [1.82, 2.24) is 24.5 Å². The Morgan fingerprint density at radius 1 is 1.45 bits per heavy atom. The molecule has 2 aromatic heterocycles. The van der Waals surface area contributed by atoms with Gasteiger partial charge in [0.1, 0.15) is 12.4 Å². The van der Waals surface area contributed by atoms with Crippen LogP contribution in [0.4, 0.5) is 0 Å². The predicted molar refractivity (Wildman–Crippen MR) is 69.4 cm³/mol. The number of aliphatic carboxylic acids is 1. The molecule has 8 heteroatoms. The minimum absolute atomic E-state index is 0.334. The molecule has 1 N–H and O–H groups in total. The van der Waals surface area contributed by atoms with Gasteiger partial charge in [0.05, 0.1) is 11.3 Å². The molecular formula is C12H15N5O3. The first-order chi connectivity index (χ1) is 9.47. The smallest absolute Gasteiger partial charge is 0.326 e. The zero-order chi connectivity index (χ0) is 14.9. The average Bonchev–Trinajstić information content (AvgIpc) is 2.91. The lowest BCUT2D eigenvalue weighted by molar-refractivity contribution is -0.141. The molecule has 0 aliphatic rings. The van der Waals surface area contributed by atoms with Crippen LogP contribution in [0.5, 0.6) is 0 Å². The van der Waals surface area contributed by atoms with E-state index in [1.807, 2.05) is 6.92 Å². The van der Waals surface area contributed by atoms with Crippen LogP contribution in [0.15, 0.2) is 12.5 Å². The van der Waals surface area contributed by atoms with E-state index in [4.69, 9.17) is 5.11 Å². The second-order valence-electron chi connectivity index (χ2n) is 4.37. The molecule has 1 atom stereocenters. The van der Waals surface area contributed by atoms with Gasteiger partial charge in [-0.25, -0.2) is 14.3 Å². The molecule has 2 aromatic rings. The number of carbonyl (C=O) groups excluding carboxylic acids is 1. The fourth-order valence-corrected chi connectivity index (χ4v) is 1.88. The van der Waals surface area contributed by atoms with E-state index >= 15 is 0 Å². The van der Waals surface area contributed by atoms with Gasteiger partial charge in [0.15, 0.2) is 0 Å². The third-order valence-corrected chi connectivity index (χ3v) is 3.23. The highest BCUT2D eigenvalue weighted by molar-refractivity contribution is 5.97. The molecule has 1 unspecified atom stereocenters. The maximum atomic E-state index is 12.4. The standard InChI is InChI=1S/C12H15N5O3/c1-4-9-8(5-13-12-14-6-15-17(9)12)10(18)16(3)7(2)11(19)20/h5-7H,4H2,1-3H3,(H,19,20). The van der Waals surface area contributed by atoms with Gasteiger partial charge in [0.2, 0.25) is 0 Å². The number of carboxylic acid groups (broad SMARTS) is 1. The van der Waals surface area contributed by atoms with E-state index < -0.39 is 17.9 Å². The first kappa shape index (κ1) is 13.9. The number of carbonyl (C=O) groups is 2. The molecule has 106 valence electrons. The van der Waals surface area contributed by atoms with Crippen molar-refractivity contribution in [3.8, 4) is 0 Å². The summed E-state index contributed by atoms with van der Waals surface area (Å²) < 4.78 is 1.49. The largest absolute Gasteiger partial charge is 0.480 e. The number of hydrogen-bond donors (Lipinski definition) is 1. The molecule has 2 heterocycles. The van der Waals surface area contributed by atoms with Gasteiger partial charge in [-0.3, -0.25) is 4.79 Å². The number of amides is 1. The number of aryl methyl sites for hydroxylation is 1. The molecule has 0 radical (unpaired) electrons. The van der Waals surface area contributed by atoms with Gasteiger partial charge in [-0.15, -0.1) is 0 Å². The minimum atomic E-state index is -1.06. The lowest BCUT2D eigenvalue weighted by atomic mass is 10.1. The van der Waals surface area contributed by atoms with Crippen molar-refractivity contribution in [2.75, 3.05) is 7.05 Å². The summed E-state index contributed by atoms with van der Waals surface area (Å²) in [5, 5.41) is 13.0. The molecule has 2 rings (SSSR count). The molecular weight excluding hydrogens is 262 g/mol. The quantitative estimate of drug-likeness (QED) is 0.858. The molecule has 1 amide bonds. The second-order valence-corrected chi connectivity index (χ2v) is 4.37. The van der Waals surface area contributed by atoms with E-state index in [9.17, 15) is 9.59 Å². The summed E-state index contributed by atoms with van der Waals surface area (Å²) in [7, 11) is 1.45. The van der Waals surface area contributed by atoms with E-state index in [1.54, 1.807) is 0 Å². The van der Waals surface area contributed by atoms with Gasteiger partial charge in [-0.05, 0) is 13.3 Å². The van der Waals surface area contributed by atoms with E-state index in [-0.39, 0.29) is 0 Å². The van der Waals surface area contributed by atoms with Gasteiger partial charge in [0.25, 0.3) is 11.7 Å². The van der Waals surface area contributed by atoms with Crippen LogP contribution in [0.2, 0.25) is 0 Å². The normalized spacial score (nSPS) is 12.3. The average molecular weight is 277 g/mol. The molecule has 0 fully saturated rings. The summed E-state index contributed by atoms with van der Waals surface area (Å²) in [5.74, 6) is -1.05. The Balaban J connectivity index is 2.46. The maximum Gasteiger partial charge on any atom is 0.326 e. The predicted octanol–water partition coefficient (Wildman–Crippen LogP) is 0.232. The fourth-order valence-electron chi connectivity index (χ4n) is 1.88. The van der Waals surface area contributed by atoms with Crippen LogP contribution >= 0.6 is 0 Å². The van der Waals surface area contributed by atoms with E-state index in [0.717, 1.165) is 0 Å². The Bertz CT molecular complexity index is 666. The Morgan fingerprint density at radius 2 is 2.15 bits per heavy atom. The molecule has 0 aromatic carbocycles. The Hall–Kier alpha value is -2.51. The molecule has 0 spiro atoms. The Labute approximate surface area is 115 Å². The van der Waals surface area contributed by atoms with E-state index in [0.29, 0.717) is 23.5 Å². The van der Waals surface area contributed by atoms with Crippen molar-refractivity contribution in [1.29, 1.82) is 0 Å². The Kier molecular flexibility index (Phi) is 3.64. The van der Waals surface area contributed by atoms with Crippen LogP contribution in [0, 0.1) is 0 Å². The monoisotopic (exact) mass is 277 g/mol. The van der Waals surface area contributed by atoms with Crippen LogP contribution in [0.25, 0.3) is 5.78 Å². The highest BCUT2D eigenvalue weighted by atomic mass is 16.4. The topological polar surface area (TPSA) is 101 Å². The lowest BCUT2D eigenvalue weighted by Crippen LogP contribution is -2.40. The van der Waals surface area contributed by atoms with Crippen molar-refractivity contribution in [3.05, 3.63) is 23.8 Å². The fraction of sp³-hybridized carbons (Fsp3) is 0.417. The number of carboxylic acids is 1. The van der Waals surface area contributed by atoms with Crippen LogP contribution in [-0.4, -0.2) is 54.6 Å². The molecule has 8 nitrogen and oxygen atoms in total. The third-order valence-electron chi connectivity index (χ3n) is 3.23. The van der Waals surface area contributed by atoms with Gasteiger partial charge in [-0.1, -0.05) is 6.92 Å². The highest BCUT2D eigenvalue weighted by Crippen LogP contribution is 2.13. The zero-order valence-corrected chi connectivity index (χ0v) is 11.4. The van der Waals surface area contributed by atoms with Gasteiger partial charge in [-0.2, -0.15) is 10.1 Å². The summed E-state index contributed by atoms with van der Waals surface area (Å²) in [6.07, 6.45) is 3.33. The number of nitrogens with zero attached hydrogens (tertiary/aromatic N) is 5. The highest BCUT2D eigenvalue weighted by Gasteiger charge is 2.25. The summed E-state index contributed by atoms with van der Waals surface area (Å²) in [6.45, 7) is 3.33. The number of aromatic nitrogens is 4. The molecule has 0 aliphatic carbocycles. The van der Waals surface area contributed by atoms with Gasteiger partial charge >= 0.3 is 5.97 Å². The number of rotatable bonds is 4. The van der Waals surface area contributed by atoms with Gasteiger partial charge < -0.3 is 10.0 Å². The van der Waals surface area contributed by atoms with E-state index in [2.05, 4.69) is 15.1 Å². The van der Waals surface area contributed by atoms with Crippen molar-refractivity contribution in [2.45, 2.75) is 26.3 Å². The molecule has 0 bridgehead atoms. The number of hydrogen-bond acceptors (Lipinski definition) is 5. The molecule has 0 aliphatic heterocycles. The first-order valence-electron chi connectivity index (χ1n) is 6.15. The first-order valence-corrected chi connectivity index (χ1v) is 6.15. The van der Waals surface area contributed by atoms with Crippen LogP contribution in [0.3, 0.4) is 0 Å². The summed E-state index contributed by atoms with van der Waals surface area (Å²) in [6, 6.07) is -0.918. The molecule has 0 saturated carbocycles. The van der Waals surface area contributed by atoms with Crippen molar-refractivity contribution >= 4 is 17.7 Å². The SMILES string of the molecule is CCc1c(C(=O)N(C)C(C)C(=O)O)cnc2ncnn12. The van der Waals surface area contributed by atoms with Crippen molar-refractivity contribution in [3.63, 3.8) is 0 Å². The van der Waals surface area contributed by atoms with Crippen LogP contribution < -0.4 is 0 Å². The maximum absolute atomic E-state index is 12.4. The van der Waals surface area contributed by atoms with E-state index in [1.165, 1.54) is 35.9 Å². The summed E-state index contributed by atoms with van der Waals surface area (Å²) in [4.78, 5) is 32.5. The molecule has 0 saturated heterocycles. The minimum Gasteiger partial charge on any atom is -0.480 e. The van der Waals surface area contributed by atoms with Crippen LogP contribution in [-0.2, 0) is 11.2 Å². The van der Waals surface area contributed by atoms with Gasteiger partial charge in [0, 0.05) is 13.2 Å².